The normalized spacial score (nSPS) is 11.6. The van der Waals surface area contributed by atoms with Gasteiger partial charge in [-0.2, -0.15) is 0 Å². The monoisotopic (exact) mass is 475 g/mol. The zero-order valence-electron chi connectivity index (χ0n) is 19.7. The van der Waals surface area contributed by atoms with Crippen molar-refractivity contribution in [3.63, 3.8) is 0 Å². The molecule has 0 atom stereocenters. The van der Waals surface area contributed by atoms with E-state index >= 15 is 0 Å². The Kier molecular flexibility index (Phi) is 6.84. The van der Waals surface area contributed by atoms with Crippen LogP contribution in [0.2, 0.25) is 0 Å². The van der Waals surface area contributed by atoms with Gasteiger partial charge in [-0.05, 0) is 55.3 Å². The summed E-state index contributed by atoms with van der Waals surface area (Å²) < 4.78 is 26.1. The van der Waals surface area contributed by atoms with E-state index in [1.165, 1.54) is 11.1 Å². The maximum absolute atomic E-state index is 12.8. The first-order valence-corrected chi connectivity index (χ1v) is 13.1. The van der Waals surface area contributed by atoms with Gasteiger partial charge < -0.3 is 9.88 Å². The molecule has 0 aliphatic rings. The van der Waals surface area contributed by atoms with Crippen LogP contribution >= 0.6 is 0 Å². The lowest BCUT2D eigenvalue weighted by atomic mass is 10.1. The molecule has 1 N–H and O–H groups in total. The summed E-state index contributed by atoms with van der Waals surface area (Å²) in [6.07, 6.45) is 0.730. The summed E-state index contributed by atoms with van der Waals surface area (Å²) in [4.78, 5) is 17.9. The topological polar surface area (TPSA) is 81.1 Å². The smallest absolute Gasteiger partial charge is 0.251 e. The van der Waals surface area contributed by atoms with Crippen molar-refractivity contribution in [3.05, 3.63) is 94.8 Å². The number of benzene rings is 3. The third-order valence-electron chi connectivity index (χ3n) is 6.00. The third-order valence-corrected chi connectivity index (χ3v) is 7.75. The lowest BCUT2D eigenvalue weighted by Gasteiger charge is -2.08. The predicted molar refractivity (Wildman–Crippen MR) is 135 cm³/mol. The van der Waals surface area contributed by atoms with Crippen molar-refractivity contribution >= 4 is 26.8 Å². The average Bonchev–Trinajstić information content (AvgIpc) is 3.20. The molecule has 0 fully saturated rings. The number of amides is 1. The molecule has 4 aromatic rings. The van der Waals surface area contributed by atoms with Gasteiger partial charge in [0.2, 0.25) is 0 Å². The quantitative estimate of drug-likeness (QED) is 0.401. The molecule has 0 bridgehead atoms. The molecule has 0 aliphatic heterocycles. The number of carbonyl (C=O) groups is 1. The van der Waals surface area contributed by atoms with Crippen LogP contribution in [-0.2, 0) is 29.3 Å². The summed E-state index contributed by atoms with van der Waals surface area (Å²) in [5.74, 6) is 0.839. The van der Waals surface area contributed by atoms with E-state index in [0.29, 0.717) is 17.0 Å². The van der Waals surface area contributed by atoms with E-state index in [0.717, 1.165) is 35.4 Å². The minimum Gasteiger partial charge on any atom is -0.348 e. The Morgan fingerprint density at radius 2 is 1.62 bits per heavy atom. The number of hydrogen-bond donors (Lipinski definition) is 1. The minimum atomic E-state index is -3.23. The maximum atomic E-state index is 12.8. The van der Waals surface area contributed by atoms with Gasteiger partial charge in [0.15, 0.2) is 9.84 Å². The van der Waals surface area contributed by atoms with Gasteiger partial charge in [-0.15, -0.1) is 0 Å². The molecule has 0 saturated heterocycles. The Labute approximate surface area is 200 Å². The van der Waals surface area contributed by atoms with Gasteiger partial charge in [0.25, 0.3) is 5.91 Å². The fourth-order valence-corrected chi connectivity index (χ4v) is 4.85. The number of aryl methyl sites for hydroxylation is 2. The van der Waals surface area contributed by atoms with Crippen molar-refractivity contribution < 1.29 is 13.2 Å². The van der Waals surface area contributed by atoms with Gasteiger partial charge in [0, 0.05) is 25.1 Å². The summed E-state index contributed by atoms with van der Waals surface area (Å²) in [6.45, 7) is 6.90. The zero-order chi connectivity index (χ0) is 24.3. The van der Waals surface area contributed by atoms with E-state index < -0.39 is 9.84 Å². The molecular weight excluding hydrogens is 446 g/mol. The average molecular weight is 476 g/mol. The lowest BCUT2D eigenvalue weighted by molar-refractivity contribution is 0.0951. The zero-order valence-corrected chi connectivity index (χ0v) is 20.5. The fourth-order valence-electron chi connectivity index (χ4n) is 3.96. The standard InChI is InChI=1S/C27H29N3O3S/c1-4-30-25-15-12-22(17-24(25)29-26(30)16-20-8-6-19(3)7-9-20)27(31)28-18-21-10-13-23(14-11-21)34(32,33)5-2/h6-15,17H,4-5,16,18H2,1-3H3,(H,28,31). The summed E-state index contributed by atoms with van der Waals surface area (Å²) in [5.41, 5.74) is 5.61. The van der Waals surface area contributed by atoms with Crippen LogP contribution in [0, 0.1) is 6.92 Å². The van der Waals surface area contributed by atoms with Crippen LogP contribution in [0.25, 0.3) is 11.0 Å². The number of nitrogens with zero attached hydrogens (tertiary/aromatic N) is 2. The number of fused-ring (bicyclic) bond motifs is 1. The first-order valence-electron chi connectivity index (χ1n) is 11.5. The van der Waals surface area contributed by atoms with E-state index in [-0.39, 0.29) is 11.7 Å². The molecule has 0 unspecified atom stereocenters. The Balaban J connectivity index is 1.49. The second-order valence-corrected chi connectivity index (χ2v) is 10.6. The molecule has 4 rings (SSSR count). The molecular formula is C27H29N3O3S. The summed E-state index contributed by atoms with van der Waals surface area (Å²) in [5, 5.41) is 2.91. The Morgan fingerprint density at radius 3 is 2.26 bits per heavy atom. The van der Waals surface area contributed by atoms with E-state index in [1.807, 2.05) is 18.2 Å². The van der Waals surface area contributed by atoms with Gasteiger partial charge in [-0.1, -0.05) is 48.9 Å². The van der Waals surface area contributed by atoms with Crippen LogP contribution in [0.1, 0.15) is 46.7 Å². The van der Waals surface area contributed by atoms with Gasteiger partial charge in [0.05, 0.1) is 21.7 Å². The molecule has 0 radical (unpaired) electrons. The van der Waals surface area contributed by atoms with E-state index in [1.54, 1.807) is 31.2 Å². The maximum Gasteiger partial charge on any atom is 0.251 e. The molecule has 0 saturated carbocycles. The second kappa shape index (κ2) is 9.81. The van der Waals surface area contributed by atoms with E-state index in [2.05, 4.69) is 48.0 Å². The van der Waals surface area contributed by atoms with Crippen molar-refractivity contribution in [2.75, 3.05) is 5.75 Å². The van der Waals surface area contributed by atoms with Crippen LogP contribution in [-0.4, -0.2) is 29.6 Å². The molecule has 176 valence electrons. The molecule has 0 aliphatic carbocycles. The van der Waals surface area contributed by atoms with Crippen molar-refractivity contribution in [3.8, 4) is 0 Å². The van der Waals surface area contributed by atoms with Crippen LogP contribution in [0.5, 0.6) is 0 Å². The first-order chi connectivity index (χ1) is 16.3. The van der Waals surface area contributed by atoms with Crippen LogP contribution in [0.4, 0.5) is 0 Å². The van der Waals surface area contributed by atoms with Crippen LogP contribution in [0.15, 0.2) is 71.6 Å². The predicted octanol–water partition coefficient (Wildman–Crippen LogP) is 4.68. The number of rotatable bonds is 8. The van der Waals surface area contributed by atoms with Crippen molar-refractivity contribution in [1.29, 1.82) is 0 Å². The highest BCUT2D eigenvalue weighted by Crippen LogP contribution is 2.21. The second-order valence-electron chi connectivity index (χ2n) is 8.37. The van der Waals surface area contributed by atoms with Gasteiger partial charge >= 0.3 is 0 Å². The highest BCUT2D eigenvalue weighted by atomic mass is 32.2. The molecule has 1 heterocycles. The minimum absolute atomic E-state index is 0.0616. The number of sulfone groups is 1. The number of imidazole rings is 1. The molecule has 1 amide bonds. The molecule has 0 spiro atoms. The lowest BCUT2D eigenvalue weighted by Crippen LogP contribution is -2.22. The SMILES string of the molecule is CCn1c(Cc2ccc(C)cc2)nc2cc(C(=O)NCc3ccc(S(=O)(=O)CC)cc3)ccc21. The Morgan fingerprint density at radius 1 is 0.941 bits per heavy atom. The van der Waals surface area contributed by atoms with Crippen molar-refractivity contribution in [2.45, 2.75) is 45.2 Å². The molecule has 1 aromatic heterocycles. The van der Waals surface area contributed by atoms with E-state index in [4.69, 9.17) is 4.98 Å². The Hall–Kier alpha value is -3.45. The first kappa shape index (κ1) is 23.7. The number of carbonyl (C=O) groups excluding carboxylic acids is 1. The van der Waals surface area contributed by atoms with E-state index in [9.17, 15) is 13.2 Å². The number of nitrogens with one attached hydrogen (secondary N) is 1. The third kappa shape index (κ3) is 5.04. The molecule has 34 heavy (non-hydrogen) atoms. The fraction of sp³-hybridized carbons (Fsp3) is 0.259. The summed E-state index contributed by atoms with van der Waals surface area (Å²) in [7, 11) is -3.23. The van der Waals surface area contributed by atoms with Crippen LogP contribution < -0.4 is 5.32 Å². The van der Waals surface area contributed by atoms with Crippen molar-refractivity contribution in [1.82, 2.24) is 14.9 Å². The largest absolute Gasteiger partial charge is 0.348 e. The van der Waals surface area contributed by atoms with Crippen molar-refractivity contribution in [2.24, 2.45) is 0 Å². The van der Waals surface area contributed by atoms with Gasteiger partial charge in [-0.25, -0.2) is 13.4 Å². The van der Waals surface area contributed by atoms with Gasteiger partial charge in [-0.3, -0.25) is 4.79 Å². The summed E-state index contributed by atoms with van der Waals surface area (Å²) in [6, 6.07) is 20.7. The highest BCUT2D eigenvalue weighted by molar-refractivity contribution is 7.91. The highest BCUT2D eigenvalue weighted by Gasteiger charge is 2.14. The van der Waals surface area contributed by atoms with Crippen LogP contribution in [0.3, 0.4) is 0 Å². The molecule has 7 heteroatoms. The summed E-state index contributed by atoms with van der Waals surface area (Å²) >= 11 is 0. The molecule has 3 aromatic carbocycles. The van der Waals surface area contributed by atoms with Gasteiger partial charge in [0.1, 0.15) is 5.82 Å². The number of hydrogen-bond acceptors (Lipinski definition) is 4. The Bertz CT molecular complexity index is 1420. The molecule has 6 nitrogen and oxygen atoms in total. The number of aromatic nitrogens is 2.